The Balaban J connectivity index is 1.71. The highest BCUT2D eigenvalue weighted by Gasteiger charge is 2.16. The fourth-order valence-corrected chi connectivity index (χ4v) is 4.77. The molecule has 0 unspecified atom stereocenters. The van der Waals surface area contributed by atoms with E-state index in [-0.39, 0.29) is 23.6 Å². The van der Waals surface area contributed by atoms with Gasteiger partial charge < -0.3 is 4.42 Å². The molecule has 4 rings (SSSR count). The lowest BCUT2D eigenvalue weighted by Crippen LogP contribution is -2.24. The summed E-state index contributed by atoms with van der Waals surface area (Å²) < 4.78 is 7.44. The molecule has 9 heteroatoms. The van der Waals surface area contributed by atoms with Gasteiger partial charge in [0.15, 0.2) is 10.9 Å². The van der Waals surface area contributed by atoms with E-state index in [1.807, 2.05) is 0 Å². The van der Waals surface area contributed by atoms with Gasteiger partial charge in [-0.1, -0.05) is 35.0 Å². The third-order valence-electron chi connectivity index (χ3n) is 3.96. The monoisotopic (exact) mass is 450 g/mol. The predicted octanol–water partition coefficient (Wildman–Crippen LogP) is 5.38. The number of nitrogens with zero attached hydrogens (tertiary/aromatic N) is 2. The molecule has 0 spiro atoms. The molecule has 0 bridgehead atoms. The zero-order valence-corrected chi connectivity index (χ0v) is 17.4. The van der Waals surface area contributed by atoms with Crippen molar-refractivity contribution in [2.45, 2.75) is 11.7 Å². The third-order valence-corrected chi connectivity index (χ3v) is 6.44. The van der Waals surface area contributed by atoms with Gasteiger partial charge in [-0.15, -0.1) is 11.3 Å². The van der Waals surface area contributed by atoms with Gasteiger partial charge in [-0.3, -0.25) is 14.2 Å². The Morgan fingerprint density at radius 3 is 2.79 bits per heavy atom. The molecule has 3 aromatic heterocycles. The summed E-state index contributed by atoms with van der Waals surface area (Å²) in [5, 5.41) is 1.37. The average Bonchev–Trinajstić information content (AvgIpc) is 3.34. The first-order valence-electron chi connectivity index (χ1n) is 8.15. The lowest BCUT2D eigenvalue weighted by molar-refractivity contribution is 0.102. The van der Waals surface area contributed by atoms with Crippen LogP contribution in [0.5, 0.6) is 0 Å². The van der Waals surface area contributed by atoms with E-state index in [4.69, 9.17) is 27.6 Å². The molecule has 0 aliphatic carbocycles. The van der Waals surface area contributed by atoms with Gasteiger partial charge in [0.05, 0.1) is 38.7 Å². The molecule has 142 valence electrons. The first-order valence-corrected chi connectivity index (χ1v) is 10.7. The third kappa shape index (κ3) is 4.03. The van der Waals surface area contributed by atoms with Crippen molar-refractivity contribution in [3.63, 3.8) is 0 Å². The van der Waals surface area contributed by atoms with Crippen LogP contribution in [0.25, 0.3) is 10.9 Å². The molecule has 0 aliphatic rings. The highest BCUT2D eigenvalue weighted by molar-refractivity contribution is 7.99. The van der Waals surface area contributed by atoms with Gasteiger partial charge in [-0.05, 0) is 42.5 Å². The molecule has 5 nitrogen and oxygen atoms in total. The highest BCUT2D eigenvalue weighted by Crippen LogP contribution is 2.25. The van der Waals surface area contributed by atoms with E-state index >= 15 is 0 Å². The average molecular weight is 451 g/mol. The Kier molecular flexibility index (Phi) is 5.59. The van der Waals surface area contributed by atoms with Crippen LogP contribution in [0.15, 0.2) is 63.1 Å². The number of hydrogen-bond donors (Lipinski definition) is 0. The maximum absolute atomic E-state index is 13.0. The second-order valence-electron chi connectivity index (χ2n) is 5.84. The number of carbonyl (C=O) groups is 1. The van der Waals surface area contributed by atoms with E-state index in [1.165, 1.54) is 27.7 Å². The zero-order chi connectivity index (χ0) is 19.7. The van der Waals surface area contributed by atoms with Crippen LogP contribution in [-0.2, 0) is 6.54 Å². The lowest BCUT2D eigenvalue weighted by Gasteiger charge is -2.12. The van der Waals surface area contributed by atoms with Gasteiger partial charge in [-0.25, -0.2) is 4.98 Å². The van der Waals surface area contributed by atoms with E-state index in [0.717, 1.165) is 0 Å². The van der Waals surface area contributed by atoms with Crippen molar-refractivity contribution in [3.8, 4) is 0 Å². The summed E-state index contributed by atoms with van der Waals surface area (Å²) in [6, 6.07) is 11.9. The maximum atomic E-state index is 13.0. The van der Waals surface area contributed by atoms with E-state index in [0.29, 0.717) is 36.1 Å². The van der Waals surface area contributed by atoms with Gasteiger partial charge in [-0.2, -0.15) is 0 Å². The Hall–Kier alpha value is -2.06. The van der Waals surface area contributed by atoms with Crippen molar-refractivity contribution in [2.24, 2.45) is 0 Å². The quantitative estimate of drug-likeness (QED) is 0.224. The van der Waals surface area contributed by atoms with Crippen LogP contribution >= 0.6 is 46.3 Å². The zero-order valence-electron chi connectivity index (χ0n) is 14.2. The largest absolute Gasteiger partial charge is 0.467 e. The SMILES string of the molecule is O=C(CSc1nc2cc(Cl)ccc2c(=O)n1Cc1ccco1)c1ccc(Cl)s1. The fraction of sp³-hybridized carbons (Fsp3) is 0.105. The van der Waals surface area contributed by atoms with E-state index in [9.17, 15) is 9.59 Å². The minimum Gasteiger partial charge on any atom is -0.467 e. The summed E-state index contributed by atoms with van der Waals surface area (Å²) in [6.45, 7) is 0.221. The Morgan fingerprint density at radius 2 is 2.07 bits per heavy atom. The van der Waals surface area contributed by atoms with Crippen LogP contribution in [0.4, 0.5) is 0 Å². The van der Waals surface area contributed by atoms with Crippen LogP contribution in [-0.4, -0.2) is 21.1 Å². The maximum Gasteiger partial charge on any atom is 0.262 e. The minimum atomic E-state index is -0.216. The molecule has 3 heterocycles. The number of fused-ring (bicyclic) bond motifs is 1. The molecule has 1 aromatic carbocycles. The predicted molar refractivity (Wildman–Crippen MR) is 113 cm³/mol. The van der Waals surface area contributed by atoms with Crippen LogP contribution < -0.4 is 5.56 Å². The first kappa shape index (κ1) is 19.3. The topological polar surface area (TPSA) is 65.1 Å². The van der Waals surface area contributed by atoms with E-state index in [2.05, 4.69) is 4.98 Å². The van der Waals surface area contributed by atoms with E-state index in [1.54, 1.807) is 48.7 Å². The summed E-state index contributed by atoms with van der Waals surface area (Å²) in [5.74, 6) is 0.676. The first-order chi connectivity index (χ1) is 13.5. The van der Waals surface area contributed by atoms with Gasteiger partial charge in [0.2, 0.25) is 0 Å². The molecular formula is C19H12Cl2N2O3S2. The normalized spacial score (nSPS) is 11.2. The molecule has 0 radical (unpaired) electrons. The van der Waals surface area contributed by atoms with Gasteiger partial charge in [0.25, 0.3) is 5.56 Å². The minimum absolute atomic E-state index is 0.0770. The van der Waals surface area contributed by atoms with Crippen LogP contribution in [0, 0.1) is 0 Å². The molecule has 0 aliphatic heterocycles. The Morgan fingerprint density at radius 1 is 1.21 bits per heavy atom. The number of hydrogen-bond acceptors (Lipinski definition) is 6. The van der Waals surface area contributed by atoms with Crippen molar-refractivity contribution in [3.05, 3.63) is 79.1 Å². The molecule has 4 aromatic rings. The van der Waals surface area contributed by atoms with Crippen molar-refractivity contribution >= 4 is 63.0 Å². The molecule has 0 fully saturated rings. The number of Topliss-reactive ketones (excluding diaryl/α,β-unsaturated/α-hetero) is 1. The van der Waals surface area contributed by atoms with Crippen LogP contribution in [0.3, 0.4) is 0 Å². The lowest BCUT2D eigenvalue weighted by atomic mass is 10.2. The summed E-state index contributed by atoms with van der Waals surface area (Å²) in [7, 11) is 0. The second-order valence-corrected chi connectivity index (χ2v) is 8.94. The molecule has 0 N–H and O–H groups in total. The van der Waals surface area contributed by atoms with Crippen LogP contribution in [0.2, 0.25) is 9.36 Å². The van der Waals surface area contributed by atoms with Crippen molar-refractivity contribution in [1.82, 2.24) is 9.55 Å². The van der Waals surface area contributed by atoms with Gasteiger partial charge >= 0.3 is 0 Å². The number of aromatic nitrogens is 2. The molecular weight excluding hydrogens is 439 g/mol. The summed E-state index contributed by atoms with van der Waals surface area (Å²) in [5.41, 5.74) is 0.273. The molecule has 0 atom stereocenters. The van der Waals surface area contributed by atoms with Crippen molar-refractivity contribution < 1.29 is 9.21 Å². The number of carbonyl (C=O) groups excluding carboxylic acids is 1. The van der Waals surface area contributed by atoms with Gasteiger partial charge in [0.1, 0.15) is 5.76 Å². The molecule has 28 heavy (non-hydrogen) atoms. The summed E-state index contributed by atoms with van der Waals surface area (Å²) in [4.78, 5) is 30.6. The molecule has 0 amide bonds. The summed E-state index contributed by atoms with van der Waals surface area (Å²) in [6.07, 6.45) is 1.55. The Labute approximate surface area is 177 Å². The fourth-order valence-electron chi connectivity index (χ4n) is 2.65. The second kappa shape index (κ2) is 8.13. The number of furan rings is 1. The van der Waals surface area contributed by atoms with E-state index < -0.39 is 0 Å². The highest BCUT2D eigenvalue weighted by atomic mass is 35.5. The number of thiophene rings is 1. The number of benzene rings is 1. The number of thioether (sulfide) groups is 1. The van der Waals surface area contributed by atoms with Crippen molar-refractivity contribution in [2.75, 3.05) is 5.75 Å². The standard InChI is InChI=1S/C19H12Cl2N2O3S2/c20-11-3-4-13-14(8-11)22-19(23(18(13)25)9-12-2-1-7-26-12)27-10-15(24)16-5-6-17(21)28-16/h1-8H,9-10H2. The number of rotatable bonds is 6. The van der Waals surface area contributed by atoms with Crippen LogP contribution in [0.1, 0.15) is 15.4 Å². The summed E-state index contributed by atoms with van der Waals surface area (Å²) >= 11 is 14.4. The van der Waals surface area contributed by atoms with Gasteiger partial charge in [0, 0.05) is 5.02 Å². The molecule has 0 saturated carbocycles. The molecule has 0 saturated heterocycles. The smallest absolute Gasteiger partial charge is 0.262 e. The number of ketones is 1. The Bertz CT molecular complexity index is 1220. The van der Waals surface area contributed by atoms with Crippen molar-refractivity contribution in [1.29, 1.82) is 0 Å². The number of halogens is 2.